The third kappa shape index (κ3) is 1.93. The number of rotatable bonds is 2. The monoisotopic (exact) mass is 202 g/mol. The van der Waals surface area contributed by atoms with Crippen molar-refractivity contribution in [1.82, 2.24) is 9.97 Å². The molecule has 15 heavy (non-hydrogen) atoms. The molecule has 0 bridgehead atoms. The molecule has 0 unspecified atom stereocenters. The van der Waals surface area contributed by atoms with Crippen LogP contribution in [-0.2, 0) is 16.0 Å². The highest BCUT2D eigenvalue weighted by Crippen LogP contribution is 2.14. The molecule has 4 nitrogen and oxygen atoms in total. The van der Waals surface area contributed by atoms with Crippen molar-refractivity contribution in [2.75, 3.05) is 7.11 Å². The van der Waals surface area contributed by atoms with Gasteiger partial charge in [-0.05, 0) is 6.07 Å². The molecule has 0 N–H and O–H groups in total. The lowest BCUT2D eigenvalue weighted by molar-refractivity contribution is -0.139. The maximum Gasteiger partial charge on any atom is 0.311 e. The Morgan fingerprint density at radius 1 is 1.33 bits per heavy atom. The second kappa shape index (κ2) is 4.04. The molecule has 2 aromatic rings. The van der Waals surface area contributed by atoms with Gasteiger partial charge in [0, 0.05) is 5.39 Å². The highest BCUT2D eigenvalue weighted by molar-refractivity contribution is 5.84. The molecule has 0 saturated heterocycles. The molecule has 4 heteroatoms. The first-order valence-corrected chi connectivity index (χ1v) is 4.56. The van der Waals surface area contributed by atoms with Gasteiger partial charge < -0.3 is 4.74 Å². The number of carbonyl (C=O) groups excluding carboxylic acids is 1. The number of para-hydroxylation sites is 1. The minimum Gasteiger partial charge on any atom is -0.469 e. The van der Waals surface area contributed by atoms with Gasteiger partial charge in [0.2, 0.25) is 0 Å². The molecule has 1 aromatic carbocycles. The van der Waals surface area contributed by atoms with Crippen LogP contribution in [0.25, 0.3) is 10.9 Å². The number of aromatic nitrogens is 2. The molecular formula is C11H10N2O2. The first kappa shape index (κ1) is 9.58. The van der Waals surface area contributed by atoms with E-state index >= 15 is 0 Å². The van der Waals surface area contributed by atoms with Gasteiger partial charge in [-0.15, -0.1) is 0 Å². The van der Waals surface area contributed by atoms with Gasteiger partial charge in [-0.2, -0.15) is 0 Å². The Morgan fingerprint density at radius 2 is 2.13 bits per heavy atom. The summed E-state index contributed by atoms with van der Waals surface area (Å²) in [5.74, 6) is -0.293. The maximum absolute atomic E-state index is 11.1. The molecule has 0 spiro atoms. The molecule has 0 aliphatic carbocycles. The van der Waals surface area contributed by atoms with E-state index < -0.39 is 0 Å². The fourth-order valence-electron chi connectivity index (χ4n) is 1.41. The van der Waals surface area contributed by atoms with Crippen LogP contribution in [0.2, 0.25) is 0 Å². The highest BCUT2D eigenvalue weighted by atomic mass is 16.5. The average Bonchev–Trinajstić information content (AvgIpc) is 2.29. The molecule has 1 aromatic heterocycles. The number of fused-ring (bicyclic) bond motifs is 1. The Hall–Kier alpha value is -1.97. The van der Waals surface area contributed by atoms with Gasteiger partial charge in [-0.3, -0.25) is 4.79 Å². The van der Waals surface area contributed by atoms with E-state index in [0.717, 1.165) is 10.9 Å². The summed E-state index contributed by atoms with van der Waals surface area (Å²) >= 11 is 0. The number of methoxy groups -OCH3 is 1. The van der Waals surface area contributed by atoms with E-state index in [9.17, 15) is 4.79 Å². The summed E-state index contributed by atoms with van der Waals surface area (Å²) in [6, 6.07) is 7.58. The van der Waals surface area contributed by atoms with E-state index in [2.05, 4.69) is 14.7 Å². The summed E-state index contributed by atoms with van der Waals surface area (Å²) in [6.07, 6.45) is 1.64. The smallest absolute Gasteiger partial charge is 0.311 e. The van der Waals surface area contributed by atoms with Crippen molar-refractivity contribution in [2.45, 2.75) is 6.42 Å². The van der Waals surface area contributed by atoms with Crippen LogP contribution in [0, 0.1) is 0 Å². The minimum atomic E-state index is -0.293. The number of ether oxygens (including phenoxy) is 1. The summed E-state index contributed by atoms with van der Waals surface area (Å²) in [7, 11) is 1.37. The van der Waals surface area contributed by atoms with Crippen LogP contribution < -0.4 is 0 Å². The second-order valence-electron chi connectivity index (χ2n) is 3.09. The Kier molecular flexibility index (Phi) is 2.58. The molecule has 76 valence electrons. The first-order chi connectivity index (χ1) is 7.31. The molecule has 0 radical (unpaired) electrons. The largest absolute Gasteiger partial charge is 0.469 e. The van der Waals surface area contributed by atoms with Gasteiger partial charge in [-0.25, -0.2) is 9.97 Å². The predicted octanol–water partition coefficient (Wildman–Crippen LogP) is 1.35. The standard InChI is InChI=1S/C11H10N2O2/c1-15-11(14)6-10-8-4-2-3-5-9(8)12-7-13-10/h2-5,7H,6H2,1H3. The summed E-state index contributed by atoms with van der Waals surface area (Å²) in [4.78, 5) is 19.3. The SMILES string of the molecule is COC(=O)Cc1ncnc2ccccc12. The van der Waals surface area contributed by atoms with Gasteiger partial charge in [0.05, 0.1) is 24.7 Å². The normalized spacial score (nSPS) is 10.2. The Bertz CT molecular complexity index is 491. The number of hydrogen-bond donors (Lipinski definition) is 0. The molecule has 0 aliphatic heterocycles. The quantitative estimate of drug-likeness (QED) is 0.690. The number of hydrogen-bond acceptors (Lipinski definition) is 4. The molecular weight excluding hydrogens is 192 g/mol. The minimum absolute atomic E-state index is 0.180. The number of benzene rings is 1. The van der Waals surface area contributed by atoms with Crippen LogP contribution in [0.3, 0.4) is 0 Å². The van der Waals surface area contributed by atoms with Crippen LogP contribution in [0.1, 0.15) is 5.69 Å². The molecule has 0 atom stereocenters. The maximum atomic E-state index is 11.1. The third-order valence-corrected chi connectivity index (χ3v) is 2.16. The van der Waals surface area contributed by atoms with Crippen LogP contribution in [-0.4, -0.2) is 23.0 Å². The van der Waals surface area contributed by atoms with Gasteiger partial charge in [0.25, 0.3) is 0 Å². The van der Waals surface area contributed by atoms with Crippen LogP contribution >= 0.6 is 0 Å². The van der Waals surface area contributed by atoms with E-state index in [1.165, 1.54) is 13.4 Å². The van der Waals surface area contributed by atoms with Crippen molar-refractivity contribution >= 4 is 16.9 Å². The third-order valence-electron chi connectivity index (χ3n) is 2.16. The fourth-order valence-corrected chi connectivity index (χ4v) is 1.41. The molecule has 0 fully saturated rings. The first-order valence-electron chi connectivity index (χ1n) is 4.56. The number of nitrogens with zero attached hydrogens (tertiary/aromatic N) is 2. The van der Waals surface area contributed by atoms with E-state index in [-0.39, 0.29) is 12.4 Å². The van der Waals surface area contributed by atoms with Gasteiger partial charge >= 0.3 is 5.97 Å². The van der Waals surface area contributed by atoms with Gasteiger partial charge in [0.15, 0.2) is 0 Å². The lowest BCUT2D eigenvalue weighted by Crippen LogP contribution is -2.06. The average molecular weight is 202 g/mol. The molecule has 0 aliphatic rings. The van der Waals surface area contributed by atoms with Crippen molar-refractivity contribution in [3.8, 4) is 0 Å². The predicted molar refractivity (Wildman–Crippen MR) is 55.3 cm³/mol. The van der Waals surface area contributed by atoms with Gasteiger partial charge in [0.1, 0.15) is 6.33 Å². The van der Waals surface area contributed by atoms with Crippen LogP contribution in [0.5, 0.6) is 0 Å². The van der Waals surface area contributed by atoms with E-state index in [4.69, 9.17) is 0 Å². The van der Waals surface area contributed by atoms with Gasteiger partial charge in [-0.1, -0.05) is 18.2 Å². The van der Waals surface area contributed by atoms with Crippen LogP contribution in [0.15, 0.2) is 30.6 Å². The highest BCUT2D eigenvalue weighted by Gasteiger charge is 2.08. The van der Waals surface area contributed by atoms with Crippen molar-refractivity contribution in [3.63, 3.8) is 0 Å². The van der Waals surface area contributed by atoms with Crippen molar-refractivity contribution < 1.29 is 9.53 Å². The molecule has 0 saturated carbocycles. The van der Waals surface area contributed by atoms with E-state index in [1.807, 2.05) is 24.3 Å². The number of carbonyl (C=O) groups is 1. The summed E-state index contributed by atoms with van der Waals surface area (Å²) in [5.41, 5.74) is 1.54. The molecule has 2 rings (SSSR count). The number of esters is 1. The topological polar surface area (TPSA) is 52.1 Å². The molecule has 1 heterocycles. The lowest BCUT2D eigenvalue weighted by atomic mass is 10.1. The zero-order valence-corrected chi connectivity index (χ0v) is 8.30. The Balaban J connectivity index is 2.46. The zero-order valence-electron chi connectivity index (χ0n) is 8.30. The lowest BCUT2D eigenvalue weighted by Gasteiger charge is -2.02. The zero-order chi connectivity index (χ0) is 10.7. The van der Waals surface area contributed by atoms with Crippen molar-refractivity contribution in [2.24, 2.45) is 0 Å². The summed E-state index contributed by atoms with van der Waals surface area (Å²) < 4.78 is 4.60. The Labute approximate surface area is 86.9 Å². The van der Waals surface area contributed by atoms with E-state index in [0.29, 0.717) is 5.69 Å². The Morgan fingerprint density at radius 3 is 2.93 bits per heavy atom. The van der Waals surface area contributed by atoms with Crippen LogP contribution in [0.4, 0.5) is 0 Å². The fraction of sp³-hybridized carbons (Fsp3) is 0.182. The second-order valence-corrected chi connectivity index (χ2v) is 3.09. The van der Waals surface area contributed by atoms with Crippen molar-refractivity contribution in [3.05, 3.63) is 36.3 Å². The molecule has 0 amide bonds. The summed E-state index contributed by atoms with van der Waals surface area (Å²) in [5, 5.41) is 0.894. The van der Waals surface area contributed by atoms with E-state index in [1.54, 1.807) is 0 Å². The summed E-state index contributed by atoms with van der Waals surface area (Å²) in [6.45, 7) is 0. The van der Waals surface area contributed by atoms with Crippen molar-refractivity contribution in [1.29, 1.82) is 0 Å².